The summed E-state index contributed by atoms with van der Waals surface area (Å²) in [5.74, 6) is 0.179. The van der Waals surface area contributed by atoms with Crippen LogP contribution >= 0.6 is 0 Å². The van der Waals surface area contributed by atoms with Crippen molar-refractivity contribution in [3.05, 3.63) is 35.9 Å². The molecule has 16 heavy (non-hydrogen) atoms. The summed E-state index contributed by atoms with van der Waals surface area (Å²) in [6.45, 7) is 0. The summed E-state index contributed by atoms with van der Waals surface area (Å²) in [7, 11) is -3.36. The Hall–Kier alpha value is -1.36. The van der Waals surface area contributed by atoms with Crippen LogP contribution in [0.4, 0.5) is 0 Å². The van der Waals surface area contributed by atoms with Gasteiger partial charge in [0.15, 0.2) is 0 Å². The molecule has 0 fully saturated rings. The molecule has 0 atom stereocenters. The van der Waals surface area contributed by atoms with Crippen molar-refractivity contribution in [1.29, 1.82) is 0 Å². The first-order chi connectivity index (χ1) is 7.47. The molecule has 0 aliphatic heterocycles. The second-order valence-electron chi connectivity index (χ2n) is 3.65. The van der Waals surface area contributed by atoms with Gasteiger partial charge in [-0.15, -0.1) is 0 Å². The highest BCUT2D eigenvalue weighted by Crippen LogP contribution is 2.04. The molecule has 0 bridgehead atoms. The standard InChI is InChI=1S/C11H16N2O2S/c1-16(14,15)13-11(12)9-5-8-10-6-3-2-4-7-10/h2-4,6-7H,5,8-9H2,1H3,(H2,12,13). The first-order valence-corrected chi connectivity index (χ1v) is 6.90. The van der Waals surface area contributed by atoms with Gasteiger partial charge in [0.05, 0.1) is 6.26 Å². The zero-order chi connectivity index (χ0) is 12.0. The predicted octanol–water partition coefficient (Wildman–Crippen LogP) is 1.33. The average Bonchev–Trinajstić information content (AvgIpc) is 2.16. The van der Waals surface area contributed by atoms with E-state index in [1.165, 1.54) is 5.56 Å². The molecular formula is C11H16N2O2S. The minimum Gasteiger partial charge on any atom is -0.386 e. The molecule has 0 saturated carbocycles. The summed E-state index contributed by atoms with van der Waals surface area (Å²) in [5.41, 5.74) is 6.71. The number of aryl methyl sites for hydroxylation is 1. The molecule has 1 aromatic carbocycles. The van der Waals surface area contributed by atoms with E-state index < -0.39 is 10.0 Å². The Morgan fingerprint density at radius 1 is 1.31 bits per heavy atom. The molecule has 0 amide bonds. The van der Waals surface area contributed by atoms with Crippen LogP contribution in [0.15, 0.2) is 34.7 Å². The summed E-state index contributed by atoms with van der Waals surface area (Å²) in [6, 6.07) is 9.98. The van der Waals surface area contributed by atoms with E-state index in [0.29, 0.717) is 6.42 Å². The molecule has 0 heterocycles. The third-order valence-corrected chi connectivity index (χ3v) is 2.59. The largest absolute Gasteiger partial charge is 0.386 e. The summed E-state index contributed by atoms with van der Waals surface area (Å²) in [6.07, 6.45) is 3.22. The van der Waals surface area contributed by atoms with Gasteiger partial charge >= 0.3 is 0 Å². The van der Waals surface area contributed by atoms with Crippen molar-refractivity contribution in [2.75, 3.05) is 6.26 Å². The summed E-state index contributed by atoms with van der Waals surface area (Å²) in [5, 5.41) is 0. The van der Waals surface area contributed by atoms with Crippen molar-refractivity contribution in [1.82, 2.24) is 0 Å². The van der Waals surface area contributed by atoms with Crippen LogP contribution in [0.25, 0.3) is 0 Å². The van der Waals surface area contributed by atoms with E-state index in [9.17, 15) is 8.42 Å². The third kappa shape index (κ3) is 5.50. The molecule has 1 rings (SSSR count). The van der Waals surface area contributed by atoms with E-state index >= 15 is 0 Å². The lowest BCUT2D eigenvalue weighted by Crippen LogP contribution is -2.14. The van der Waals surface area contributed by atoms with E-state index in [1.54, 1.807) is 0 Å². The monoisotopic (exact) mass is 240 g/mol. The number of amidine groups is 1. The fourth-order valence-corrected chi connectivity index (χ4v) is 1.89. The molecule has 0 unspecified atom stereocenters. The summed E-state index contributed by atoms with van der Waals surface area (Å²) in [4.78, 5) is 0. The number of hydrogen-bond donors (Lipinski definition) is 1. The molecule has 0 aromatic heterocycles. The van der Waals surface area contributed by atoms with Gasteiger partial charge in [0.1, 0.15) is 5.84 Å². The Bertz CT molecular complexity index is 452. The molecule has 2 N–H and O–H groups in total. The Labute approximate surface area is 96.3 Å². The van der Waals surface area contributed by atoms with Crippen LogP contribution < -0.4 is 5.73 Å². The number of hydrogen-bond acceptors (Lipinski definition) is 2. The van der Waals surface area contributed by atoms with Crippen LogP contribution in [0.5, 0.6) is 0 Å². The summed E-state index contributed by atoms with van der Waals surface area (Å²) < 4.78 is 25.0. The van der Waals surface area contributed by atoms with Gasteiger partial charge in [-0.05, 0) is 18.4 Å². The van der Waals surface area contributed by atoms with Crippen molar-refractivity contribution < 1.29 is 8.42 Å². The molecule has 88 valence electrons. The summed E-state index contributed by atoms with van der Waals surface area (Å²) >= 11 is 0. The highest BCUT2D eigenvalue weighted by Gasteiger charge is 2.00. The maximum absolute atomic E-state index is 10.8. The van der Waals surface area contributed by atoms with E-state index in [-0.39, 0.29) is 5.84 Å². The van der Waals surface area contributed by atoms with Gasteiger partial charge in [-0.1, -0.05) is 30.3 Å². The predicted molar refractivity (Wildman–Crippen MR) is 65.8 cm³/mol. The van der Waals surface area contributed by atoms with Gasteiger partial charge < -0.3 is 5.73 Å². The molecular weight excluding hydrogens is 224 g/mol. The average molecular weight is 240 g/mol. The van der Waals surface area contributed by atoms with Crippen LogP contribution in [0, 0.1) is 0 Å². The first-order valence-electron chi connectivity index (χ1n) is 5.05. The maximum Gasteiger partial charge on any atom is 0.251 e. The van der Waals surface area contributed by atoms with Crippen LogP contribution in [0.2, 0.25) is 0 Å². The molecule has 4 nitrogen and oxygen atoms in total. The highest BCUT2D eigenvalue weighted by atomic mass is 32.2. The molecule has 0 aliphatic rings. The van der Waals surface area contributed by atoms with Gasteiger partial charge in [-0.3, -0.25) is 0 Å². The lowest BCUT2D eigenvalue weighted by Gasteiger charge is -2.01. The fourth-order valence-electron chi connectivity index (χ4n) is 1.38. The van der Waals surface area contributed by atoms with Gasteiger partial charge in [-0.2, -0.15) is 4.40 Å². The van der Waals surface area contributed by atoms with Crippen LogP contribution in [0.3, 0.4) is 0 Å². The Balaban J connectivity index is 2.40. The highest BCUT2D eigenvalue weighted by molar-refractivity contribution is 7.89. The SMILES string of the molecule is CS(=O)(=O)N=C(N)CCCc1ccccc1. The quantitative estimate of drug-likeness (QED) is 0.623. The van der Waals surface area contributed by atoms with Crippen LogP contribution in [-0.2, 0) is 16.4 Å². The minimum absolute atomic E-state index is 0.179. The molecule has 0 aliphatic carbocycles. The Morgan fingerprint density at radius 2 is 1.94 bits per heavy atom. The van der Waals surface area contributed by atoms with Gasteiger partial charge in [0.2, 0.25) is 0 Å². The van der Waals surface area contributed by atoms with E-state index in [0.717, 1.165) is 19.1 Å². The molecule has 0 saturated heterocycles. The second-order valence-corrected chi connectivity index (χ2v) is 5.30. The fraction of sp³-hybridized carbons (Fsp3) is 0.364. The van der Waals surface area contributed by atoms with Crippen molar-refractivity contribution in [2.45, 2.75) is 19.3 Å². The first kappa shape index (κ1) is 12.7. The number of sulfonamides is 1. The van der Waals surface area contributed by atoms with Crippen molar-refractivity contribution in [3.8, 4) is 0 Å². The van der Waals surface area contributed by atoms with Gasteiger partial charge in [-0.25, -0.2) is 8.42 Å². The van der Waals surface area contributed by atoms with Gasteiger partial charge in [0.25, 0.3) is 10.0 Å². The topological polar surface area (TPSA) is 72.5 Å². The smallest absolute Gasteiger partial charge is 0.251 e. The minimum atomic E-state index is -3.36. The maximum atomic E-state index is 10.8. The number of rotatable bonds is 5. The van der Waals surface area contributed by atoms with Crippen molar-refractivity contribution in [2.24, 2.45) is 10.1 Å². The molecule has 5 heteroatoms. The Morgan fingerprint density at radius 3 is 2.50 bits per heavy atom. The molecule has 0 spiro atoms. The van der Waals surface area contributed by atoms with E-state index in [1.807, 2.05) is 30.3 Å². The van der Waals surface area contributed by atoms with Crippen LogP contribution in [-0.4, -0.2) is 20.5 Å². The van der Waals surface area contributed by atoms with Crippen molar-refractivity contribution in [3.63, 3.8) is 0 Å². The third-order valence-electron chi connectivity index (χ3n) is 2.02. The molecule has 1 aromatic rings. The number of benzene rings is 1. The molecule has 0 radical (unpaired) electrons. The normalized spacial score (nSPS) is 12.7. The lowest BCUT2D eigenvalue weighted by molar-refractivity contribution is 0.603. The van der Waals surface area contributed by atoms with Gasteiger partial charge in [0, 0.05) is 6.42 Å². The zero-order valence-corrected chi connectivity index (χ0v) is 10.1. The van der Waals surface area contributed by atoms with E-state index in [4.69, 9.17) is 5.73 Å². The van der Waals surface area contributed by atoms with E-state index in [2.05, 4.69) is 4.40 Å². The number of nitrogens with two attached hydrogens (primary N) is 1. The lowest BCUT2D eigenvalue weighted by atomic mass is 10.1. The van der Waals surface area contributed by atoms with Crippen molar-refractivity contribution >= 4 is 15.9 Å². The Kier molecular flexibility index (Phi) is 4.49. The van der Waals surface area contributed by atoms with Crippen LogP contribution in [0.1, 0.15) is 18.4 Å². The zero-order valence-electron chi connectivity index (χ0n) is 9.26. The second kappa shape index (κ2) is 5.65. The number of nitrogens with zero attached hydrogens (tertiary/aromatic N) is 1.